The number of nitrogens with zero attached hydrogens (tertiary/aromatic N) is 1. The van der Waals surface area contributed by atoms with Gasteiger partial charge in [-0.1, -0.05) is 54.1 Å². The highest BCUT2D eigenvalue weighted by Gasteiger charge is 2.13. The second kappa shape index (κ2) is 9.69. The first-order valence-electron chi connectivity index (χ1n) is 8.16. The van der Waals surface area contributed by atoms with E-state index >= 15 is 0 Å². The van der Waals surface area contributed by atoms with E-state index in [0.29, 0.717) is 24.7 Å². The summed E-state index contributed by atoms with van der Waals surface area (Å²) in [5.74, 6) is -0.118. The third kappa shape index (κ3) is 6.47. The maximum Gasteiger partial charge on any atom is 0.315 e. The molecule has 0 bridgehead atoms. The van der Waals surface area contributed by atoms with E-state index in [2.05, 4.69) is 10.6 Å². The molecule has 2 N–H and O–H groups in total. The molecule has 0 aliphatic carbocycles. The molecule has 3 amide bonds. The van der Waals surface area contributed by atoms with E-state index in [1.54, 1.807) is 17.0 Å². The molecule has 0 radical (unpaired) electrons. The van der Waals surface area contributed by atoms with Crippen molar-refractivity contribution >= 4 is 23.5 Å². The molecule has 0 saturated heterocycles. The normalized spacial score (nSPS) is 10.2. The van der Waals surface area contributed by atoms with Gasteiger partial charge < -0.3 is 15.5 Å². The van der Waals surface area contributed by atoms with Gasteiger partial charge in [0.2, 0.25) is 5.91 Å². The predicted octanol–water partition coefficient (Wildman–Crippen LogP) is 3.19. The van der Waals surface area contributed by atoms with Gasteiger partial charge in [0, 0.05) is 24.7 Å². The Bertz CT molecular complexity index is 690. The van der Waals surface area contributed by atoms with Crippen molar-refractivity contribution in [3.8, 4) is 0 Å². The molecule has 0 atom stereocenters. The molecule has 0 aliphatic rings. The van der Waals surface area contributed by atoms with Crippen LogP contribution in [0.15, 0.2) is 54.6 Å². The van der Waals surface area contributed by atoms with E-state index in [1.165, 1.54) is 0 Å². The molecule has 0 fully saturated rings. The topological polar surface area (TPSA) is 61.4 Å². The Morgan fingerprint density at radius 1 is 0.960 bits per heavy atom. The van der Waals surface area contributed by atoms with Gasteiger partial charge in [0.25, 0.3) is 0 Å². The van der Waals surface area contributed by atoms with Gasteiger partial charge in [0.15, 0.2) is 0 Å². The summed E-state index contributed by atoms with van der Waals surface area (Å²) in [6, 6.07) is 16.6. The first kappa shape index (κ1) is 18.8. The smallest absolute Gasteiger partial charge is 0.315 e. The van der Waals surface area contributed by atoms with Gasteiger partial charge in [0.1, 0.15) is 0 Å². The Morgan fingerprint density at radius 3 is 2.28 bits per heavy atom. The van der Waals surface area contributed by atoms with E-state index in [0.717, 1.165) is 11.1 Å². The highest BCUT2D eigenvalue weighted by Crippen LogP contribution is 2.09. The van der Waals surface area contributed by atoms with Crippen molar-refractivity contribution < 1.29 is 9.59 Å². The molecular weight excluding hydrogens is 338 g/mol. The maximum atomic E-state index is 12.3. The SMILES string of the molecule is CCN(Cc1ccccc1)C(=O)CNC(=O)NCc1ccc(Cl)cc1. The minimum atomic E-state index is -0.376. The molecule has 0 aromatic heterocycles. The Balaban J connectivity index is 1.75. The summed E-state index contributed by atoms with van der Waals surface area (Å²) in [5, 5.41) is 5.96. The summed E-state index contributed by atoms with van der Waals surface area (Å²) in [6.45, 7) is 3.37. The first-order chi connectivity index (χ1) is 12.1. The number of halogens is 1. The van der Waals surface area contributed by atoms with Crippen LogP contribution in [0, 0.1) is 0 Å². The van der Waals surface area contributed by atoms with Gasteiger partial charge in [0.05, 0.1) is 6.54 Å². The highest BCUT2D eigenvalue weighted by atomic mass is 35.5. The van der Waals surface area contributed by atoms with Gasteiger partial charge in [-0.3, -0.25) is 4.79 Å². The van der Waals surface area contributed by atoms with Crippen LogP contribution >= 0.6 is 11.6 Å². The Labute approximate surface area is 153 Å². The van der Waals surface area contributed by atoms with E-state index in [1.807, 2.05) is 49.4 Å². The lowest BCUT2D eigenvalue weighted by atomic mass is 10.2. The highest BCUT2D eigenvalue weighted by molar-refractivity contribution is 6.30. The number of hydrogen-bond acceptors (Lipinski definition) is 2. The summed E-state index contributed by atoms with van der Waals surface area (Å²) >= 11 is 5.82. The Hall–Kier alpha value is -2.53. The monoisotopic (exact) mass is 359 g/mol. The molecule has 0 unspecified atom stereocenters. The second-order valence-corrected chi connectivity index (χ2v) is 5.99. The zero-order chi connectivity index (χ0) is 18.1. The van der Waals surface area contributed by atoms with Crippen LogP contribution in [0.5, 0.6) is 0 Å². The predicted molar refractivity (Wildman–Crippen MR) is 99.2 cm³/mol. The summed E-state index contributed by atoms with van der Waals surface area (Å²) in [5.41, 5.74) is 2.00. The molecule has 0 heterocycles. The number of nitrogens with one attached hydrogen (secondary N) is 2. The third-order valence-corrected chi connectivity index (χ3v) is 3.97. The summed E-state index contributed by atoms with van der Waals surface area (Å²) in [7, 11) is 0. The van der Waals surface area contributed by atoms with Crippen LogP contribution in [0.4, 0.5) is 4.79 Å². The minimum Gasteiger partial charge on any atom is -0.337 e. The fourth-order valence-electron chi connectivity index (χ4n) is 2.29. The minimum absolute atomic E-state index is 0.0346. The molecule has 132 valence electrons. The molecule has 2 rings (SSSR count). The summed E-state index contributed by atoms with van der Waals surface area (Å²) < 4.78 is 0. The summed E-state index contributed by atoms with van der Waals surface area (Å²) in [4.78, 5) is 25.8. The number of urea groups is 1. The van der Waals surface area contributed by atoms with Crippen molar-refractivity contribution in [2.24, 2.45) is 0 Å². The Morgan fingerprint density at radius 2 is 1.64 bits per heavy atom. The van der Waals surface area contributed by atoms with E-state index < -0.39 is 0 Å². The van der Waals surface area contributed by atoms with E-state index in [-0.39, 0.29) is 18.5 Å². The molecule has 2 aromatic carbocycles. The lowest BCUT2D eigenvalue weighted by Crippen LogP contribution is -2.43. The second-order valence-electron chi connectivity index (χ2n) is 5.56. The van der Waals surface area contributed by atoms with Crippen molar-refractivity contribution in [2.75, 3.05) is 13.1 Å². The number of carbonyl (C=O) groups is 2. The molecule has 25 heavy (non-hydrogen) atoms. The quantitative estimate of drug-likeness (QED) is 0.797. The number of carbonyl (C=O) groups excluding carboxylic acids is 2. The molecule has 0 aliphatic heterocycles. The van der Waals surface area contributed by atoms with Crippen LogP contribution in [0.25, 0.3) is 0 Å². The standard InChI is InChI=1S/C19H22ClN3O2/c1-2-23(14-16-6-4-3-5-7-16)18(24)13-22-19(25)21-12-15-8-10-17(20)11-9-15/h3-11H,2,12-14H2,1H3,(H2,21,22,25). The third-order valence-electron chi connectivity index (χ3n) is 3.72. The number of likely N-dealkylation sites (N-methyl/N-ethyl adjacent to an activating group) is 1. The number of rotatable bonds is 7. The van der Waals surface area contributed by atoms with Crippen molar-refractivity contribution in [1.29, 1.82) is 0 Å². The van der Waals surface area contributed by atoms with Gasteiger partial charge in [-0.2, -0.15) is 0 Å². The average Bonchev–Trinajstić information content (AvgIpc) is 2.64. The Kier molecular flexibility index (Phi) is 7.29. The number of amides is 3. The van der Waals surface area contributed by atoms with Crippen LogP contribution in [0.1, 0.15) is 18.1 Å². The van der Waals surface area contributed by atoms with Gasteiger partial charge in [-0.05, 0) is 30.2 Å². The van der Waals surface area contributed by atoms with Gasteiger partial charge in [-0.15, -0.1) is 0 Å². The zero-order valence-electron chi connectivity index (χ0n) is 14.2. The number of hydrogen-bond donors (Lipinski definition) is 2. The molecule has 2 aromatic rings. The largest absolute Gasteiger partial charge is 0.337 e. The molecule has 5 nitrogen and oxygen atoms in total. The fraction of sp³-hybridized carbons (Fsp3) is 0.263. The lowest BCUT2D eigenvalue weighted by Gasteiger charge is -2.21. The first-order valence-corrected chi connectivity index (χ1v) is 8.54. The fourth-order valence-corrected chi connectivity index (χ4v) is 2.42. The van der Waals surface area contributed by atoms with Crippen molar-refractivity contribution in [3.63, 3.8) is 0 Å². The zero-order valence-corrected chi connectivity index (χ0v) is 14.9. The molecular formula is C19H22ClN3O2. The lowest BCUT2D eigenvalue weighted by molar-refractivity contribution is -0.130. The van der Waals surface area contributed by atoms with Crippen LogP contribution in [-0.2, 0) is 17.9 Å². The van der Waals surface area contributed by atoms with Gasteiger partial charge in [-0.25, -0.2) is 4.79 Å². The van der Waals surface area contributed by atoms with Crippen LogP contribution in [-0.4, -0.2) is 29.9 Å². The molecule has 6 heteroatoms. The van der Waals surface area contributed by atoms with E-state index in [4.69, 9.17) is 11.6 Å². The van der Waals surface area contributed by atoms with Gasteiger partial charge >= 0.3 is 6.03 Å². The summed E-state index contributed by atoms with van der Waals surface area (Å²) in [6.07, 6.45) is 0. The average molecular weight is 360 g/mol. The molecule has 0 saturated carbocycles. The van der Waals surface area contributed by atoms with E-state index in [9.17, 15) is 9.59 Å². The van der Waals surface area contributed by atoms with Crippen LogP contribution in [0.2, 0.25) is 5.02 Å². The van der Waals surface area contributed by atoms with Crippen LogP contribution < -0.4 is 10.6 Å². The number of benzene rings is 2. The van der Waals surface area contributed by atoms with Crippen LogP contribution in [0.3, 0.4) is 0 Å². The van der Waals surface area contributed by atoms with Crippen molar-refractivity contribution in [1.82, 2.24) is 15.5 Å². The molecule has 0 spiro atoms. The maximum absolute atomic E-state index is 12.3. The van der Waals surface area contributed by atoms with Crippen molar-refractivity contribution in [2.45, 2.75) is 20.0 Å². The van der Waals surface area contributed by atoms with Crippen molar-refractivity contribution in [3.05, 3.63) is 70.7 Å².